The lowest BCUT2D eigenvalue weighted by atomic mass is 10.0. The Kier molecular flexibility index (Phi) is 4.56. The summed E-state index contributed by atoms with van der Waals surface area (Å²) in [5.74, 6) is 0.439. The van der Waals surface area contributed by atoms with E-state index in [9.17, 15) is 4.79 Å². The summed E-state index contributed by atoms with van der Waals surface area (Å²) in [6.45, 7) is 8.04. The Bertz CT molecular complexity index is 940. The van der Waals surface area contributed by atoms with Crippen LogP contribution < -0.4 is 5.43 Å². The molecule has 0 saturated heterocycles. The standard InChI is InChI=1S/C18H20N6O/c1-11(2)15-7-5-14(6-8-15)10-19-22-17(25)16-21-18-20-12(3)9-13(4)24(18)23-16/h5-11H,1-4H3,(H,22,25)/b19-10+. The van der Waals surface area contributed by atoms with Crippen LogP contribution in [0.4, 0.5) is 0 Å². The van der Waals surface area contributed by atoms with E-state index in [-0.39, 0.29) is 5.82 Å². The number of aryl methyl sites for hydroxylation is 2. The molecule has 1 aromatic carbocycles. The molecule has 0 bridgehead atoms. The number of carbonyl (C=O) groups excluding carboxylic acids is 1. The van der Waals surface area contributed by atoms with Gasteiger partial charge in [-0.05, 0) is 37.0 Å². The minimum atomic E-state index is -0.474. The summed E-state index contributed by atoms with van der Waals surface area (Å²) in [5, 5.41) is 8.14. The molecular formula is C18H20N6O. The molecule has 0 aliphatic heterocycles. The van der Waals surface area contributed by atoms with Crippen molar-refractivity contribution in [3.63, 3.8) is 0 Å². The van der Waals surface area contributed by atoms with Crippen LogP contribution in [0, 0.1) is 13.8 Å². The number of aromatic nitrogens is 4. The second kappa shape index (κ2) is 6.80. The highest BCUT2D eigenvalue weighted by atomic mass is 16.2. The third kappa shape index (κ3) is 3.71. The molecule has 7 nitrogen and oxygen atoms in total. The van der Waals surface area contributed by atoms with Crippen LogP contribution in [0.15, 0.2) is 35.4 Å². The van der Waals surface area contributed by atoms with Gasteiger partial charge in [-0.2, -0.15) is 10.1 Å². The highest BCUT2D eigenvalue weighted by Gasteiger charge is 2.14. The molecule has 0 spiro atoms. The molecule has 3 rings (SSSR count). The number of nitrogens with one attached hydrogen (secondary N) is 1. The number of benzene rings is 1. The summed E-state index contributed by atoms with van der Waals surface area (Å²) in [7, 11) is 0. The van der Waals surface area contributed by atoms with Crippen molar-refractivity contribution in [1.29, 1.82) is 0 Å². The van der Waals surface area contributed by atoms with Gasteiger partial charge in [-0.1, -0.05) is 38.1 Å². The lowest BCUT2D eigenvalue weighted by Crippen LogP contribution is -2.19. The minimum absolute atomic E-state index is 0.0357. The fourth-order valence-corrected chi connectivity index (χ4v) is 2.44. The molecule has 1 amide bonds. The molecule has 0 atom stereocenters. The second-order valence-electron chi connectivity index (χ2n) is 6.21. The zero-order valence-electron chi connectivity index (χ0n) is 14.7. The number of fused-ring (bicyclic) bond motifs is 1. The van der Waals surface area contributed by atoms with Gasteiger partial charge < -0.3 is 0 Å². The van der Waals surface area contributed by atoms with E-state index in [0.717, 1.165) is 17.0 Å². The van der Waals surface area contributed by atoms with Crippen molar-refractivity contribution in [3.8, 4) is 0 Å². The van der Waals surface area contributed by atoms with Crippen molar-refractivity contribution >= 4 is 17.9 Å². The average molecular weight is 336 g/mol. The van der Waals surface area contributed by atoms with Crippen LogP contribution in [0.2, 0.25) is 0 Å². The number of rotatable bonds is 4. The molecule has 3 aromatic rings. The van der Waals surface area contributed by atoms with Gasteiger partial charge in [0.2, 0.25) is 5.82 Å². The van der Waals surface area contributed by atoms with E-state index in [4.69, 9.17) is 0 Å². The Balaban J connectivity index is 1.71. The first-order valence-corrected chi connectivity index (χ1v) is 8.08. The van der Waals surface area contributed by atoms with E-state index in [0.29, 0.717) is 11.7 Å². The second-order valence-corrected chi connectivity index (χ2v) is 6.21. The topological polar surface area (TPSA) is 84.5 Å². The molecule has 2 aromatic heterocycles. The molecule has 2 heterocycles. The van der Waals surface area contributed by atoms with Crippen LogP contribution in [0.3, 0.4) is 0 Å². The van der Waals surface area contributed by atoms with Crippen LogP contribution in [-0.4, -0.2) is 31.7 Å². The summed E-state index contributed by atoms with van der Waals surface area (Å²) in [4.78, 5) is 20.6. The summed E-state index contributed by atoms with van der Waals surface area (Å²) >= 11 is 0. The first kappa shape index (κ1) is 16.8. The molecular weight excluding hydrogens is 316 g/mol. The van der Waals surface area contributed by atoms with Crippen LogP contribution >= 0.6 is 0 Å². The van der Waals surface area contributed by atoms with Gasteiger partial charge >= 0.3 is 5.91 Å². The lowest BCUT2D eigenvalue weighted by Gasteiger charge is -2.04. The monoisotopic (exact) mass is 336 g/mol. The quantitative estimate of drug-likeness (QED) is 0.586. The van der Waals surface area contributed by atoms with Crippen LogP contribution in [0.25, 0.3) is 5.78 Å². The van der Waals surface area contributed by atoms with Crippen LogP contribution in [0.1, 0.15) is 52.9 Å². The molecule has 0 saturated carbocycles. The largest absolute Gasteiger partial charge is 0.311 e. The molecule has 7 heteroatoms. The number of hydrogen-bond acceptors (Lipinski definition) is 5. The van der Waals surface area contributed by atoms with E-state index in [1.54, 1.807) is 6.21 Å². The maximum atomic E-state index is 12.2. The first-order chi connectivity index (χ1) is 11.9. The molecule has 128 valence electrons. The fraction of sp³-hybridized carbons (Fsp3) is 0.278. The molecule has 25 heavy (non-hydrogen) atoms. The van der Waals surface area contributed by atoms with Gasteiger partial charge in [0.1, 0.15) is 0 Å². The normalized spacial score (nSPS) is 11.6. The minimum Gasteiger partial charge on any atom is -0.264 e. The molecule has 1 N–H and O–H groups in total. The van der Waals surface area contributed by atoms with Crippen LogP contribution in [-0.2, 0) is 0 Å². The van der Waals surface area contributed by atoms with Crippen molar-refractivity contribution in [2.45, 2.75) is 33.6 Å². The number of amides is 1. The van der Waals surface area contributed by atoms with E-state index < -0.39 is 5.91 Å². The molecule has 0 fully saturated rings. The number of carbonyl (C=O) groups is 1. The van der Waals surface area contributed by atoms with E-state index in [1.165, 1.54) is 10.1 Å². The maximum absolute atomic E-state index is 12.2. The van der Waals surface area contributed by atoms with E-state index in [2.05, 4.69) is 39.4 Å². The SMILES string of the molecule is Cc1cc(C)n2nc(C(=O)N/N=C/c3ccc(C(C)C)cc3)nc2n1. The highest BCUT2D eigenvalue weighted by molar-refractivity contribution is 5.91. The molecule has 0 unspecified atom stereocenters. The molecule has 0 aliphatic carbocycles. The van der Waals surface area contributed by atoms with Crippen molar-refractivity contribution < 1.29 is 4.79 Å². The first-order valence-electron chi connectivity index (χ1n) is 8.08. The summed E-state index contributed by atoms with van der Waals surface area (Å²) in [6, 6.07) is 9.90. The Morgan fingerprint density at radius 3 is 2.60 bits per heavy atom. The van der Waals surface area contributed by atoms with Gasteiger partial charge in [0.15, 0.2) is 0 Å². The van der Waals surface area contributed by atoms with Crippen LogP contribution in [0.5, 0.6) is 0 Å². The summed E-state index contributed by atoms with van der Waals surface area (Å²) in [6.07, 6.45) is 1.59. The molecule has 0 radical (unpaired) electrons. The molecule has 0 aliphatic rings. The van der Waals surface area contributed by atoms with Crippen molar-refractivity contribution in [2.24, 2.45) is 5.10 Å². The van der Waals surface area contributed by atoms with Gasteiger partial charge in [-0.3, -0.25) is 4.79 Å². The van der Waals surface area contributed by atoms with Gasteiger partial charge in [0.05, 0.1) is 6.21 Å². The Labute approximate surface area is 145 Å². The van der Waals surface area contributed by atoms with Crippen molar-refractivity contribution in [1.82, 2.24) is 25.0 Å². The zero-order valence-corrected chi connectivity index (χ0v) is 14.7. The summed E-state index contributed by atoms with van der Waals surface area (Å²) in [5.41, 5.74) is 6.30. The third-order valence-electron chi connectivity index (χ3n) is 3.80. The number of hydrazone groups is 1. The van der Waals surface area contributed by atoms with E-state index >= 15 is 0 Å². The fourth-order valence-electron chi connectivity index (χ4n) is 2.44. The van der Waals surface area contributed by atoms with Crippen molar-refractivity contribution in [2.75, 3.05) is 0 Å². The predicted molar refractivity (Wildman–Crippen MR) is 95.8 cm³/mol. The third-order valence-corrected chi connectivity index (χ3v) is 3.80. The van der Waals surface area contributed by atoms with Gasteiger partial charge in [0, 0.05) is 11.4 Å². The van der Waals surface area contributed by atoms with Gasteiger partial charge in [-0.25, -0.2) is 14.9 Å². The Hall–Kier alpha value is -3.09. The zero-order chi connectivity index (χ0) is 18.0. The smallest absolute Gasteiger partial charge is 0.264 e. The lowest BCUT2D eigenvalue weighted by molar-refractivity contribution is 0.0945. The maximum Gasteiger partial charge on any atom is 0.311 e. The Morgan fingerprint density at radius 1 is 1.20 bits per heavy atom. The predicted octanol–water partition coefficient (Wildman–Crippen LogP) is 2.63. The van der Waals surface area contributed by atoms with Gasteiger partial charge in [-0.15, -0.1) is 5.10 Å². The van der Waals surface area contributed by atoms with Crippen molar-refractivity contribution in [3.05, 3.63) is 58.7 Å². The highest BCUT2D eigenvalue weighted by Crippen LogP contribution is 2.13. The van der Waals surface area contributed by atoms with Gasteiger partial charge in [0.25, 0.3) is 5.78 Å². The number of nitrogens with zero attached hydrogens (tertiary/aromatic N) is 5. The summed E-state index contributed by atoms with van der Waals surface area (Å²) < 4.78 is 1.54. The van der Waals surface area contributed by atoms with E-state index in [1.807, 2.05) is 44.2 Å². The number of hydrogen-bond donors (Lipinski definition) is 1. The Morgan fingerprint density at radius 2 is 1.92 bits per heavy atom. The average Bonchev–Trinajstić information content (AvgIpc) is 2.99.